The standard InChI is InChI=1S/C13H17N3O/c1-13(2,3)12-15-14-9-16(12)10-7-5-6-8-11(10)17-4/h5-9H,1-4H3. The van der Waals surface area contributed by atoms with Crippen LogP contribution in [0, 0.1) is 0 Å². The maximum absolute atomic E-state index is 5.36. The van der Waals surface area contributed by atoms with Crippen molar-refractivity contribution in [3.63, 3.8) is 0 Å². The van der Waals surface area contributed by atoms with E-state index >= 15 is 0 Å². The summed E-state index contributed by atoms with van der Waals surface area (Å²) in [4.78, 5) is 0. The molecule has 0 aliphatic rings. The van der Waals surface area contributed by atoms with Gasteiger partial charge in [0.05, 0.1) is 12.8 Å². The Hall–Kier alpha value is -1.84. The van der Waals surface area contributed by atoms with Crippen LogP contribution in [0.2, 0.25) is 0 Å². The third-order valence-corrected chi connectivity index (χ3v) is 2.56. The maximum Gasteiger partial charge on any atom is 0.142 e. The van der Waals surface area contributed by atoms with Gasteiger partial charge in [-0.1, -0.05) is 32.9 Å². The maximum atomic E-state index is 5.36. The highest BCUT2D eigenvalue weighted by Gasteiger charge is 2.22. The van der Waals surface area contributed by atoms with Crippen LogP contribution in [0.15, 0.2) is 30.6 Å². The quantitative estimate of drug-likeness (QED) is 0.797. The molecule has 0 fully saturated rings. The molecule has 4 heteroatoms. The highest BCUT2D eigenvalue weighted by Crippen LogP contribution is 2.27. The number of ether oxygens (including phenoxy) is 1. The third-order valence-electron chi connectivity index (χ3n) is 2.56. The van der Waals surface area contributed by atoms with Crippen LogP contribution >= 0.6 is 0 Å². The fourth-order valence-electron chi connectivity index (χ4n) is 1.75. The third kappa shape index (κ3) is 2.16. The van der Waals surface area contributed by atoms with Crippen LogP contribution in [0.3, 0.4) is 0 Å². The zero-order chi connectivity index (χ0) is 12.5. The van der Waals surface area contributed by atoms with Gasteiger partial charge in [-0.3, -0.25) is 4.57 Å². The summed E-state index contributed by atoms with van der Waals surface area (Å²) in [6.45, 7) is 6.34. The van der Waals surface area contributed by atoms with Gasteiger partial charge in [-0.2, -0.15) is 0 Å². The molecule has 0 amide bonds. The summed E-state index contributed by atoms with van der Waals surface area (Å²) < 4.78 is 7.33. The summed E-state index contributed by atoms with van der Waals surface area (Å²) in [6.07, 6.45) is 1.72. The number of para-hydroxylation sites is 2. The summed E-state index contributed by atoms with van der Waals surface area (Å²) in [5, 5.41) is 8.19. The summed E-state index contributed by atoms with van der Waals surface area (Å²) in [5.41, 5.74) is 0.905. The number of hydrogen-bond acceptors (Lipinski definition) is 3. The Morgan fingerprint density at radius 2 is 1.88 bits per heavy atom. The lowest BCUT2D eigenvalue weighted by Gasteiger charge is -2.19. The van der Waals surface area contributed by atoms with E-state index in [1.54, 1.807) is 13.4 Å². The molecule has 0 radical (unpaired) electrons. The Bertz CT molecular complexity index is 511. The average Bonchev–Trinajstić information content (AvgIpc) is 2.77. The van der Waals surface area contributed by atoms with Crippen LogP contribution in [0.25, 0.3) is 5.69 Å². The summed E-state index contributed by atoms with van der Waals surface area (Å²) in [6, 6.07) is 7.85. The number of aromatic nitrogens is 3. The molecule has 1 heterocycles. The van der Waals surface area contributed by atoms with Gasteiger partial charge in [-0.15, -0.1) is 10.2 Å². The number of benzene rings is 1. The number of rotatable bonds is 2. The van der Waals surface area contributed by atoms with Gasteiger partial charge in [0.1, 0.15) is 17.9 Å². The molecule has 1 aromatic heterocycles. The molecule has 0 atom stereocenters. The van der Waals surface area contributed by atoms with E-state index in [2.05, 4.69) is 31.0 Å². The van der Waals surface area contributed by atoms with Gasteiger partial charge < -0.3 is 4.74 Å². The zero-order valence-electron chi connectivity index (χ0n) is 10.6. The van der Waals surface area contributed by atoms with Crippen molar-refractivity contribution in [1.82, 2.24) is 14.8 Å². The predicted molar refractivity (Wildman–Crippen MR) is 66.6 cm³/mol. The van der Waals surface area contributed by atoms with Gasteiger partial charge in [-0.25, -0.2) is 0 Å². The molecule has 0 bridgehead atoms. The topological polar surface area (TPSA) is 39.9 Å². The first-order chi connectivity index (χ1) is 8.04. The Labute approximate surface area is 101 Å². The first kappa shape index (κ1) is 11.6. The minimum absolute atomic E-state index is 0.0582. The fraction of sp³-hybridized carbons (Fsp3) is 0.385. The molecular weight excluding hydrogens is 214 g/mol. The van der Waals surface area contributed by atoms with Crippen LogP contribution in [0.4, 0.5) is 0 Å². The molecule has 4 nitrogen and oxygen atoms in total. The zero-order valence-corrected chi connectivity index (χ0v) is 10.6. The summed E-state index contributed by atoms with van der Waals surface area (Å²) in [7, 11) is 1.67. The Morgan fingerprint density at radius 3 is 2.53 bits per heavy atom. The van der Waals surface area contributed by atoms with E-state index in [1.165, 1.54) is 0 Å². The van der Waals surface area contributed by atoms with Crippen LogP contribution in [0.5, 0.6) is 5.75 Å². The van der Waals surface area contributed by atoms with E-state index in [-0.39, 0.29) is 5.41 Å². The van der Waals surface area contributed by atoms with E-state index in [4.69, 9.17) is 4.74 Å². The van der Waals surface area contributed by atoms with Gasteiger partial charge in [0.2, 0.25) is 0 Å². The van der Waals surface area contributed by atoms with Gasteiger partial charge in [0, 0.05) is 5.41 Å². The molecule has 2 aromatic rings. The van der Waals surface area contributed by atoms with Gasteiger partial charge >= 0.3 is 0 Å². The van der Waals surface area contributed by atoms with Crippen molar-refractivity contribution in [2.75, 3.05) is 7.11 Å². The Kier molecular flexibility index (Phi) is 2.88. The van der Waals surface area contributed by atoms with Crippen molar-refractivity contribution in [3.05, 3.63) is 36.4 Å². The van der Waals surface area contributed by atoms with Gasteiger partial charge in [0.25, 0.3) is 0 Å². The second-order valence-corrected chi connectivity index (χ2v) is 4.95. The van der Waals surface area contributed by atoms with E-state index in [0.717, 1.165) is 17.3 Å². The molecule has 0 aliphatic carbocycles. The van der Waals surface area contributed by atoms with Gasteiger partial charge in [-0.05, 0) is 12.1 Å². The van der Waals surface area contributed by atoms with E-state index < -0.39 is 0 Å². The van der Waals surface area contributed by atoms with E-state index in [1.807, 2.05) is 28.8 Å². The number of hydrogen-bond donors (Lipinski definition) is 0. The largest absolute Gasteiger partial charge is 0.495 e. The number of methoxy groups -OCH3 is 1. The molecule has 1 aromatic carbocycles. The van der Waals surface area contributed by atoms with Crippen molar-refractivity contribution in [2.24, 2.45) is 0 Å². The lowest BCUT2D eigenvalue weighted by molar-refractivity contribution is 0.411. The smallest absolute Gasteiger partial charge is 0.142 e. The molecule has 17 heavy (non-hydrogen) atoms. The molecule has 2 rings (SSSR count). The SMILES string of the molecule is COc1ccccc1-n1cnnc1C(C)(C)C. The highest BCUT2D eigenvalue weighted by atomic mass is 16.5. The predicted octanol–water partition coefficient (Wildman–Crippen LogP) is 2.57. The van der Waals surface area contributed by atoms with E-state index in [0.29, 0.717) is 0 Å². The van der Waals surface area contributed by atoms with Crippen molar-refractivity contribution >= 4 is 0 Å². The van der Waals surface area contributed by atoms with E-state index in [9.17, 15) is 0 Å². The molecule has 0 saturated carbocycles. The minimum Gasteiger partial charge on any atom is -0.495 e. The van der Waals surface area contributed by atoms with Crippen molar-refractivity contribution < 1.29 is 4.74 Å². The lowest BCUT2D eigenvalue weighted by Crippen LogP contribution is -2.18. The molecular formula is C13H17N3O. The average molecular weight is 231 g/mol. The molecule has 0 spiro atoms. The summed E-state index contributed by atoms with van der Waals surface area (Å²) >= 11 is 0. The van der Waals surface area contributed by atoms with Crippen molar-refractivity contribution in [1.29, 1.82) is 0 Å². The Morgan fingerprint density at radius 1 is 1.18 bits per heavy atom. The van der Waals surface area contributed by atoms with Crippen molar-refractivity contribution in [3.8, 4) is 11.4 Å². The van der Waals surface area contributed by atoms with Crippen LogP contribution in [-0.2, 0) is 5.41 Å². The van der Waals surface area contributed by atoms with Crippen LogP contribution in [0.1, 0.15) is 26.6 Å². The second-order valence-electron chi connectivity index (χ2n) is 4.95. The molecule has 0 unspecified atom stereocenters. The molecule has 90 valence electrons. The van der Waals surface area contributed by atoms with Crippen molar-refractivity contribution in [2.45, 2.75) is 26.2 Å². The Balaban J connectivity index is 2.58. The van der Waals surface area contributed by atoms with Gasteiger partial charge in [0.15, 0.2) is 0 Å². The molecule has 0 saturated heterocycles. The minimum atomic E-state index is -0.0582. The first-order valence-electron chi connectivity index (χ1n) is 5.58. The monoisotopic (exact) mass is 231 g/mol. The summed E-state index contributed by atoms with van der Waals surface area (Å²) in [5.74, 6) is 1.74. The second kappa shape index (κ2) is 4.20. The molecule has 0 N–H and O–H groups in total. The number of nitrogens with zero attached hydrogens (tertiary/aromatic N) is 3. The first-order valence-corrected chi connectivity index (χ1v) is 5.58. The highest BCUT2D eigenvalue weighted by molar-refractivity contribution is 5.47. The fourth-order valence-corrected chi connectivity index (χ4v) is 1.75. The lowest BCUT2D eigenvalue weighted by atomic mass is 9.95. The normalized spacial score (nSPS) is 11.5. The molecule has 0 aliphatic heterocycles. The van der Waals surface area contributed by atoms with Crippen LogP contribution < -0.4 is 4.74 Å². The van der Waals surface area contributed by atoms with Crippen LogP contribution in [-0.4, -0.2) is 21.9 Å².